The predicted octanol–water partition coefficient (Wildman–Crippen LogP) is 2.51. The standard InChI is InChI=1S/C17H24ClN3O3/c1-12(2)21-8-3-6-17(16(21)23)7-9-20(11-17)15(22)5-4-13-10-14(18)19-24-13/h10,12H,3-9,11H2,1-2H3/t17-/m1/s1. The Morgan fingerprint density at radius 2 is 2.21 bits per heavy atom. The Hall–Kier alpha value is -1.56. The van der Waals surface area contributed by atoms with Gasteiger partial charge in [-0.15, -0.1) is 0 Å². The van der Waals surface area contributed by atoms with Crippen LogP contribution in [0.25, 0.3) is 0 Å². The van der Waals surface area contributed by atoms with Crippen LogP contribution in [0.2, 0.25) is 5.15 Å². The van der Waals surface area contributed by atoms with Crippen LogP contribution in [-0.4, -0.2) is 52.4 Å². The molecule has 0 aromatic carbocycles. The molecule has 3 heterocycles. The van der Waals surface area contributed by atoms with Gasteiger partial charge in [-0.1, -0.05) is 16.8 Å². The molecule has 2 aliphatic rings. The van der Waals surface area contributed by atoms with Crippen molar-refractivity contribution < 1.29 is 14.1 Å². The molecule has 1 aromatic heterocycles. The lowest BCUT2D eigenvalue weighted by atomic mass is 9.78. The third kappa shape index (κ3) is 3.29. The van der Waals surface area contributed by atoms with Gasteiger partial charge in [0, 0.05) is 44.6 Å². The van der Waals surface area contributed by atoms with Gasteiger partial charge in [-0.2, -0.15) is 0 Å². The second-order valence-electron chi connectivity index (χ2n) is 7.16. The molecule has 0 saturated carbocycles. The largest absolute Gasteiger partial charge is 0.360 e. The highest BCUT2D eigenvalue weighted by atomic mass is 35.5. The number of nitrogens with zero attached hydrogens (tertiary/aromatic N) is 3. The first-order chi connectivity index (χ1) is 11.4. The number of halogens is 1. The van der Waals surface area contributed by atoms with E-state index in [1.54, 1.807) is 6.07 Å². The zero-order chi connectivity index (χ0) is 17.3. The summed E-state index contributed by atoms with van der Waals surface area (Å²) in [4.78, 5) is 29.2. The van der Waals surface area contributed by atoms with Crippen molar-refractivity contribution in [1.29, 1.82) is 0 Å². The Bertz CT molecular complexity index is 630. The van der Waals surface area contributed by atoms with Gasteiger partial charge < -0.3 is 14.3 Å². The average Bonchev–Trinajstić information content (AvgIpc) is 3.15. The molecule has 0 N–H and O–H groups in total. The van der Waals surface area contributed by atoms with Gasteiger partial charge in [0.25, 0.3) is 0 Å². The van der Waals surface area contributed by atoms with Gasteiger partial charge in [-0.05, 0) is 33.1 Å². The third-order valence-corrected chi connectivity index (χ3v) is 5.39. The quantitative estimate of drug-likeness (QED) is 0.834. The predicted molar refractivity (Wildman–Crippen MR) is 89.5 cm³/mol. The van der Waals surface area contributed by atoms with E-state index in [-0.39, 0.29) is 23.3 Å². The van der Waals surface area contributed by atoms with Crippen molar-refractivity contribution in [3.8, 4) is 0 Å². The second kappa shape index (κ2) is 6.75. The van der Waals surface area contributed by atoms with E-state index < -0.39 is 0 Å². The van der Waals surface area contributed by atoms with E-state index in [4.69, 9.17) is 16.1 Å². The van der Waals surface area contributed by atoms with Crippen molar-refractivity contribution in [2.45, 2.75) is 52.0 Å². The van der Waals surface area contributed by atoms with Gasteiger partial charge in [0.05, 0.1) is 5.41 Å². The molecule has 0 aliphatic carbocycles. The number of carbonyl (C=O) groups excluding carboxylic acids is 2. The zero-order valence-electron chi connectivity index (χ0n) is 14.3. The molecule has 6 nitrogen and oxygen atoms in total. The van der Waals surface area contributed by atoms with Crippen LogP contribution in [0.3, 0.4) is 0 Å². The molecule has 1 spiro atoms. The maximum atomic E-state index is 12.9. The number of rotatable bonds is 4. The highest BCUT2D eigenvalue weighted by Gasteiger charge is 2.49. The summed E-state index contributed by atoms with van der Waals surface area (Å²) >= 11 is 5.71. The maximum absolute atomic E-state index is 12.9. The minimum absolute atomic E-state index is 0.0638. The SMILES string of the molecule is CC(C)N1CCC[C@]2(CCN(C(=O)CCc3cc(Cl)no3)C2)C1=O. The minimum atomic E-state index is -0.367. The van der Waals surface area contributed by atoms with Gasteiger partial charge in [0.1, 0.15) is 5.76 Å². The normalized spacial score (nSPS) is 24.4. The Kier molecular flexibility index (Phi) is 4.85. The number of hydrogen-bond donors (Lipinski definition) is 0. The lowest BCUT2D eigenvalue weighted by Crippen LogP contribution is -2.52. The van der Waals surface area contributed by atoms with Crippen molar-refractivity contribution in [2.24, 2.45) is 5.41 Å². The molecule has 0 unspecified atom stereocenters. The molecule has 0 bridgehead atoms. The monoisotopic (exact) mass is 353 g/mol. The fourth-order valence-corrected chi connectivity index (χ4v) is 4.01. The summed E-state index contributed by atoms with van der Waals surface area (Å²) in [5.74, 6) is 0.900. The number of carbonyl (C=O) groups is 2. The zero-order valence-corrected chi connectivity index (χ0v) is 15.0. The molecule has 1 atom stereocenters. The maximum Gasteiger partial charge on any atom is 0.230 e. The fraction of sp³-hybridized carbons (Fsp3) is 0.706. The molecule has 7 heteroatoms. The first-order valence-corrected chi connectivity index (χ1v) is 8.99. The molecule has 2 saturated heterocycles. The lowest BCUT2D eigenvalue weighted by Gasteiger charge is -2.41. The Morgan fingerprint density at radius 3 is 2.88 bits per heavy atom. The molecule has 24 heavy (non-hydrogen) atoms. The number of piperidine rings is 1. The molecule has 0 radical (unpaired) electrons. The van der Waals surface area contributed by atoms with E-state index in [1.807, 2.05) is 9.80 Å². The molecule has 1 aromatic rings. The van der Waals surface area contributed by atoms with Gasteiger partial charge >= 0.3 is 0 Å². The third-order valence-electron chi connectivity index (χ3n) is 5.21. The number of aryl methyl sites for hydroxylation is 1. The number of aromatic nitrogens is 1. The van der Waals surface area contributed by atoms with E-state index in [0.717, 1.165) is 25.8 Å². The summed E-state index contributed by atoms with van der Waals surface area (Å²) < 4.78 is 5.03. The molecule has 2 aliphatic heterocycles. The van der Waals surface area contributed by atoms with Crippen molar-refractivity contribution in [1.82, 2.24) is 15.0 Å². The molecular weight excluding hydrogens is 330 g/mol. The van der Waals surface area contributed by atoms with Gasteiger partial charge in [0.2, 0.25) is 11.8 Å². The smallest absolute Gasteiger partial charge is 0.230 e. The molecule has 2 amide bonds. The second-order valence-corrected chi connectivity index (χ2v) is 7.54. The van der Waals surface area contributed by atoms with Crippen LogP contribution in [0, 0.1) is 5.41 Å². The number of hydrogen-bond acceptors (Lipinski definition) is 4. The Labute approximate surface area is 147 Å². The first kappa shape index (κ1) is 17.3. The van der Waals surface area contributed by atoms with Crippen LogP contribution in [0.1, 0.15) is 45.3 Å². The van der Waals surface area contributed by atoms with Crippen LogP contribution >= 0.6 is 11.6 Å². The van der Waals surface area contributed by atoms with Crippen LogP contribution < -0.4 is 0 Å². The van der Waals surface area contributed by atoms with E-state index in [0.29, 0.717) is 36.8 Å². The Morgan fingerprint density at radius 1 is 1.42 bits per heavy atom. The summed E-state index contributed by atoms with van der Waals surface area (Å²) in [5, 5.41) is 3.92. The highest BCUT2D eigenvalue weighted by molar-refractivity contribution is 6.29. The van der Waals surface area contributed by atoms with Crippen LogP contribution in [0.5, 0.6) is 0 Å². The summed E-state index contributed by atoms with van der Waals surface area (Å²) in [7, 11) is 0. The van der Waals surface area contributed by atoms with Gasteiger partial charge in [0.15, 0.2) is 5.15 Å². The lowest BCUT2D eigenvalue weighted by molar-refractivity contribution is -0.148. The molecule has 2 fully saturated rings. The van der Waals surface area contributed by atoms with Crippen molar-refractivity contribution >= 4 is 23.4 Å². The average molecular weight is 354 g/mol. The molecule has 3 rings (SSSR count). The highest BCUT2D eigenvalue weighted by Crippen LogP contribution is 2.40. The van der Waals surface area contributed by atoms with E-state index >= 15 is 0 Å². The summed E-state index contributed by atoms with van der Waals surface area (Å²) in [6, 6.07) is 1.85. The van der Waals surface area contributed by atoms with Crippen molar-refractivity contribution in [3.05, 3.63) is 17.0 Å². The fourth-order valence-electron chi connectivity index (χ4n) is 3.85. The summed E-state index contributed by atoms with van der Waals surface area (Å²) in [6.07, 6.45) is 3.51. The van der Waals surface area contributed by atoms with E-state index in [2.05, 4.69) is 19.0 Å². The number of amides is 2. The molecule has 132 valence electrons. The van der Waals surface area contributed by atoms with E-state index in [1.165, 1.54) is 0 Å². The van der Waals surface area contributed by atoms with Gasteiger partial charge in [-0.25, -0.2) is 0 Å². The Balaban J connectivity index is 1.59. The van der Waals surface area contributed by atoms with E-state index in [9.17, 15) is 9.59 Å². The number of likely N-dealkylation sites (tertiary alicyclic amines) is 2. The van der Waals surface area contributed by atoms with Crippen molar-refractivity contribution in [2.75, 3.05) is 19.6 Å². The minimum Gasteiger partial charge on any atom is -0.360 e. The van der Waals surface area contributed by atoms with Crippen molar-refractivity contribution in [3.63, 3.8) is 0 Å². The molecular formula is C17H24ClN3O3. The van der Waals surface area contributed by atoms with Gasteiger partial charge in [-0.3, -0.25) is 9.59 Å². The summed E-state index contributed by atoms with van der Waals surface area (Å²) in [5.41, 5.74) is -0.367. The first-order valence-electron chi connectivity index (χ1n) is 8.61. The van der Waals surface area contributed by atoms with Crippen LogP contribution in [-0.2, 0) is 16.0 Å². The topological polar surface area (TPSA) is 66.7 Å². The van der Waals surface area contributed by atoms with Crippen LogP contribution in [0.4, 0.5) is 0 Å². The summed E-state index contributed by atoms with van der Waals surface area (Å²) in [6.45, 7) is 6.14. The van der Waals surface area contributed by atoms with Crippen LogP contribution in [0.15, 0.2) is 10.6 Å².